The van der Waals surface area contributed by atoms with Gasteiger partial charge in [0.15, 0.2) is 6.29 Å². The van der Waals surface area contributed by atoms with Crippen LogP contribution in [0, 0.1) is 0 Å². The SMILES string of the molecule is O[C@@H]1[C@@H](OCc2ccccc2)[C@@H](OCc2ccccc2)[C@@H](COCc2ccccc2)O[C@@H]1O. The molecular weight excluding hydrogens is 420 g/mol. The second kappa shape index (κ2) is 12.0. The molecule has 2 N–H and O–H groups in total. The molecule has 0 saturated carbocycles. The monoisotopic (exact) mass is 450 g/mol. The van der Waals surface area contributed by atoms with E-state index in [9.17, 15) is 10.2 Å². The molecule has 6 nitrogen and oxygen atoms in total. The molecule has 1 aliphatic heterocycles. The maximum absolute atomic E-state index is 10.7. The van der Waals surface area contributed by atoms with Gasteiger partial charge in [-0.2, -0.15) is 0 Å². The summed E-state index contributed by atoms with van der Waals surface area (Å²) in [5.74, 6) is 0. The molecule has 1 aliphatic rings. The number of rotatable bonds is 10. The van der Waals surface area contributed by atoms with Crippen LogP contribution in [-0.2, 0) is 38.8 Å². The number of benzene rings is 3. The van der Waals surface area contributed by atoms with Crippen LogP contribution in [-0.4, -0.2) is 47.5 Å². The van der Waals surface area contributed by atoms with Crippen molar-refractivity contribution in [3.05, 3.63) is 108 Å². The molecule has 0 bridgehead atoms. The standard InChI is InChI=1S/C27H30O6/c28-24-26(32-18-22-14-8-3-9-15-22)25(31-17-21-12-6-2-7-13-21)23(33-27(24)29)19-30-16-20-10-4-1-5-11-20/h1-15,23-29H,16-19H2/t23-,24-,25+,26-,27+/m1/s1. The van der Waals surface area contributed by atoms with Gasteiger partial charge in [0.2, 0.25) is 0 Å². The van der Waals surface area contributed by atoms with E-state index < -0.39 is 30.7 Å². The molecule has 1 saturated heterocycles. The zero-order chi connectivity index (χ0) is 22.9. The molecule has 0 amide bonds. The Hall–Kier alpha value is -2.58. The molecule has 0 aromatic heterocycles. The van der Waals surface area contributed by atoms with E-state index in [0.29, 0.717) is 13.2 Å². The summed E-state index contributed by atoms with van der Waals surface area (Å²) in [5.41, 5.74) is 2.99. The second-order valence-corrected chi connectivity index (χ2v) is 8.08. The van der Waals surface area contributed by atoms with Gasteiger partial charge in [-0.1, -0.05) is 91.0 Å². The summed E-state index contributed by atoms with van der Waals surface area (Å²) in [6.07, 6.45) is -4.68. The number of aliphatic hydroxyl groups is 2. The third kappa shape index (κ3) is 6.71. The van der Waals surface area contributed by atoms with Gasteiger partial charge in [-0.3, -0.25) is 0 Å². The van der Waals surface area contributed by atoms with Crippen molar-refractivity contribution in [1.82, 2.24) is 0 Å². The Morgan fingerprint density at radius 3 is 1.58 bits per heavy atom. The van der Waals surface area contributed by atoms with E-state index in [1.54, 1.807) is 0 Å². The van der Waals surface area contributed by atoms with Gasteiger partial charge >= 0.3 is 0 Å². The molecule has 1 heterocycles. The van der Waals surface area contributed by atoms with Crippen LogP contribution in [0.15, 0.2) is 91.0 Å². The number of hydrogen-bond donors (Lipinski definition) is 2. The molecule has 0 unspecified atom stereocenters. The van der Waals surface area contributed by atoms with Crippen molar-refractivity contribution >= 4 is 0 Å². The fourth-order valence-corrected chi connectivity index (χ4v) is 3.84. The molecule has 0 aliphatic carbocycles. The first-order valence-electron chi connectivity index (χ1n) is 11.1. The van der Waals surface area contributed by atoms with Gasteiger partial charge in [0.25, 0.3) is 0 Å². The van der Waals surface area contributed by atoms with E-state index in [0.717, 1.165) is 16.7 Å². The smallest absolute Gasteiger partial charge is 0.184 e. The minimum atomic E-state index is -1.40. The van der Waals surface area contributed by atoms with Crippen LogP contribution >= 0.6 is 0 Å². The van der Waals surface area contributed by atoms with E-state index in [4.69, 9.17) is 18.9 Å². The van der Waals surface area contributed by atoms with E-state index >= 15 is 0 Å². The lowest BCUT2D eigenvalue weighted by Crippen LogP contribution is -2.60. The second-order valence-electron chi connectivity index (χ2n) is 8.08. The van der Waals surface area contributed by atoms with Gasteiger partial charge in [0.1, 0.15) is 24.4 Å². The van der Waals surface area contributed by atoms with Gasteiger partial charge in [-0.05, 0) is 16.7 Å². The first-order chi connectivity index (χ1) is 16.2. The van der Waals surface area contributed by atoms with Crippen LogP contribution in [0.1, 0.15) is 16.7 Å². The highest BCUT2D eigenvalue weighted by Gasteiger charge is 2.46. The van der Waals surface area contributed by atoms with Crippen molar-refractivity contribution in [2.45, 2.75) is 50.5 Å². The Balaban J connectivity index is 1.46. The lowest BCUT2D eigenvalue weighted by Gasteiger charge is -2.42. The predicted molar refractivity (Wildman–Crippen MR) is 123 cm³/mol. The highest BCUT2D eigenvalue weighted by atomic mass is 16.7. The lowest BCUT2D eigenvalue weighted by molar-refractivity contribution is -0.307. The van der Waals surface area contributed by atoms with Crippen LogP contribution in [0.3, 0.4) is 0 Å². The first-order valence-corrected chi connectivity index (χ1v) is 11.1. The number of hydrogen-bond acceptors (Lipinski definition) is 6. The van der Waals surface area contributed by atoms with Gasteiger partial charge < -0.3 is 29.2 Å². The Kier molecular flexibility index (Phi) is 8.60. The van der Waals surface area contributed by atoms with Gasteiger partial charge in [-0.25, -0.2) is 0 Å². The Bertz CT molecular complexity index is 937. The van der Waals surface area contributed by atoms with Crippen molar-refractivity contribution in [1.29, 1.82) is 0 Å². The van der Waals surface area contributed by atoms with Crippen LogP contribution in [0.5, 0.6) is 0 Å². The predicted octanol–water partition coefficient (Wildman–Crippen LogP) is 3.45. The molecule has 0 spiro atoms. The molecule has 4 rings (SSSR count). The summed E-state index contributed by atoms with van der Waals surface area (Å²) >= 11 is 0. The third-order valence-corrected chi connectivity index (χ3v) is 5.60. The minimum absolute atomic E-state index is 0.184. The molecule has 6 heteroatoms. The summed E-state index contributed by atoms with van der Waals surface area (Å²) in [6.45, 7) is 1.18. The van der Waals surface area contributed by atoms with Gasteiger partial charge in [0.05, 0.1) is 26.4 Å². The molecule has 3 aromatic rings. The van der Waals surface area contributed by atoms with E-state index in [-0.39, 0.29) is 13.2 Å². The largest absolute Gasteiger partial charge is 0.385 e. The Labute approximate surface area is 194 Å². The van der Waals surface area contributed by atoms with Crippen molar-refractivity contribution in [2.24, 2.45) is 0 Å². The number of aliphatic hydroxyl groups excluding tert-OH is 2. The van der Waals surface area contributed by atoms with Gasteiger partial charge in [-0.15, -0.1) is 0 Å². The average molecular weight is 451 g/mol. The van der Waals surface area contributed by atoms with E-state index in [1.165, 1.54) is 0 Å². The fourth-order valence-electron chi connectivity index (χ4n) is 3.84. The summed E-state index contributed by atoms with van der Waals surface area (Å²) in [5, 5.41) is 21.1. The highest BCUT2D eigenvalue weighted by molar-refractivity contribution is 5.15. The normalized spacial score (nSPS) is 25.1. The average Bonchev–Trinajstić information content (AvgIpc) is 2.86. The first kappa shape index (κ1) is 23.6. The molecule has 174 valence electrons. The summed E-state index contributed by atoms with van der Waals surface area (Å²) in [7, 11) is 0. The summed E-state index contributed by atoms with van der Waals surface area (Å²) in [4.78, 5) is 0. The maximum Gasteiger partial charge on any atom is 0.184 e. The van der Waals surface area contributed by atoms with Crippen LogP contribution in [0.2, 0.25) is 0 Å². The molecule has 1 fully saturated rings. The van der Waals surface area contributed by atoms with Crippen molar-refractivity contribution in [3.63, 3.8) is 0 Å². The maximum atomic E-state index is 10.7. The summed E-state index contributed by atoms with van der Waals surface area (Å²) < 4.78 is 23.9. The van der Waals surface area contributed by atoms with E-state index in [1.807, 2.05) is 91.0 Å². The van der Waals surface area contributed by atoms with Crippen molar-refractivity contribution in [3.8, 4) is 0 Å². The zero-order valence-electron chi connectivity index (χ0n) is 18.4. The molecule has 3 aromatic carbocycles. The molecule has 5 atom stereocenters. The number of ether oxygens (including phenoxy) is 4. The summed E-state index contributed by atoms with van der Waals surface area (Å²) in [6, 6.07) is 29.3. The van der Waals surface area contributed by atoms with Crippen LogP contribution < -0.4 is 0 Å². The molecule has 33 heavy (non-hydrogen) atoms. The van der Waals surface area contributed by atoms with Crippen molar-refractivity contribution < 1.29 is 29.2 Å². The Morgan fingerprint density at radius 2 is 1.06 bits per heavy atom. The van der Waals surface area contributed by atoms with Crippen LogP contribution in [0.25, 0.3) is 0 Å². The van der Waals surface area contributed by atoms with Gasteiger partial charge in [0, 0.05) is 0 Å². The molecule has 0 radical (unpaired) electrons. The van der Waals surface area contributed by atoms with Crippen LogP contribution in [0.4, 0.5) is 0 Å². The topological polar surface area (TPSA) is 77.4 Å². The van der Waals surface area contributed by atoms with Crippen molar-refractivity contribution in [2.75, 3.05) is 6.61 Å². The zero-order valence-corrected chi connectivity index (χ0v) is 18.4. The minimum Gasteiger partial charge on any atom is -0.385 e. The quantitative estimate of drug-likeness (QED) is 0.493. The Morgan fingerprint density at radius 1 is 0.606 bits per heavy atom. The fraction of sp³-hybridized carbons (Fsp3) is 0.333. The highest BCUT2D eigenvalue weighted by Crippen LogP contribution is 2.27. The third-order valence-electron chi connectivity index (χ3n) is 5.60. The van der Waals surface area contributed by atoms with E-state index in [2.05, 4.69) is 0 Å². The molecular formula is C27H30O6. The lowest BCUT2D eigenvalue weighted by atomic mass is 9.98.